The SMILES string of the molecule is CCCCC(=O)CC(=O)C(C(C)=O)C(C)=O. The lowest BCUT2D eigenvalue weighted by molar-refractivity contribution is -0.139. The van der Waals surface area contributed by atoms with Gasteiger partial charge in [-0.15, -0.1) is 0 Å². The van der Waals surface area contributed by atoms with Crippen molar-refractivity contribution in [2.45, 2.75) is 46.5 Å². The lowest BCUT2D eigenvalue weighted by atomic mass is 9.92. The maximum absolute atomic E-state index is 11.5. The number of hydrogen-bond donors (Lipinski definition) is 0. The molecule has 0 aromatic rings. The monoisotopic (exact) mass is 226 g/mol. The predicted molar refractivity (Wildman–Crippen MR) is 59.0 cm³/mol. The Labute approximate surface area is 95.4 Å². The highest BCUT2D eigenvalue weighted by molar-refractivity contribution is 6.21. The van der Waals surface area contributed by atoms with Gasteiger partial charge < -0.3 is 0 Å². The molecule has 0 spiro atoms. The van der Waals surface area contributed by atoms with E-state index in [0.717, 1.165) is 12.8 Å². The first-order valence-electron chi connectivity index (χ1n) is 5.45. The third-order valence-electron chi connectivity index (χ3n) is 2.32. The number of ketones is 4. The molecule has 0 aliphatic rings. The molecule has 16 heavy (non-hydrogen) atoms. The van der Waals surface area contributed by atoms with E-state index >= 15 is 0 Å². The molecule has 0 atom stereocenters. The lowest BCUT2D eigenvalue weighted by Gasteiger charge is -2.08. The molecule has 0 aliphatic heterocycles. The fraction of sp³-hybridized carbons (Fsp3) is 0.667. The Hall–Kier alpha value is -1.32. The van der Waals surface area contributed by atoms with Crippen molar-refractivity contribution in [3.05, 3.63) is 0 Å². The number of Topliss-reactive ketones (excluding diaryl/α,β-unsaturated/α-hetero) is 4. The smallest absolute Gasteiger partial charge is 0.158 e. The summed E-state index contributed by atoms with van der Waals surface area (Å²) in [5, 5.41) is 0. The number of unbranched alkanes of at least 4 members (excludes halogenated alkanes) is 1. The standard InChI is InChI=1S/C12H18O4/c1-4-5-6-10(15)7-11(16)12(8(2)13)9(3)14/h12H,4-7H2,1-3H3. The summed E-state index contributed by atoms with van der Waals surface area (Å²) in [7, 11) is 0. The first kappa shape index (κ1) is 14.7. The molecule has 0 saturated heterocycles. The Morgan fingerprint density at radius 3 is 1.88 bits per heavy atom. The summed E-state index contributed by atoms with van der Waals surface area (Å²) < 4.78 is 0. The Morgan fingerprint density at radius 2 is 1.50 bits per heavy atom. The maximum atomic E-state index is 11.5. The van der Waals surface area contributed by atoms with Crippen LogP contribution in [0.5, 0.6) is 0 Å². The topological polar surface area (TPSA) is 68.3 Å². The number of carbonyl (C=O) groups is 4. The van der Waals surface area contributed by atoms with E-state index in [2.05, 4.69) is 0 Å². The van der Waals surface area contributed by atoms with Crippen LogP contribution in [-0.2, 0) is 19.2 Å². The van der Waals surface area contributed by atoms with E-state index in [9.17, 15) is 19.2 Å². The first-order valence-corrected chi connectivity index (χ1v) is 5.45. The van der Waals surface area contributed by atoms with E-state index in [4.69, 9.17) is 0 Å². The van der Waals surface area contributed by atoms with Gasteiger partial charge in [0, 0.05) is 6.42 Å². The van der Waals surface area contributed by atoms with Crippen LogP contribution in [0.2, 0.25) is 0 Å². The molecule has 0 saturated carbocycles. The minimum absolute atomic E-state index is 0.195. The van der Waals surface area contributed by atoms with Crippen molar-refractivity contribution in [1.82, 2.24) is 0 Å². The molecule has 0 aromatic heterocycles. The molecule has 4 heteroatoms. The Balaban J connectivity index is 4.37. The second-order valence-corrected chi connectivity index (χ2v) is 3.94. The molecule has 0 aromatic carbocycles. The van der Waals surface area contributed by atoms with Crippen LogP contribution in [0.4, 0.5) is 0 Å². The van der Waals surface area contributed by atoms with Gasteiger partial charge in [-0.25, -0.2) is 0 Å². The lowest BCUT2D eigenvalue weighted by Crippen LogP contribution is -2.30. The van der Waals surface area contributed by atoms with Crippen molar-refractivity contribution in [3.8, 4) is 0 Å². The van der Waals surface area contributed by atoms with E-state index in [1.54, 1.807) is 0 Å². The zero-order valence-corrected chi connectivity index (χ0v) is 10.0. The number of carbonyl (C=O) groups excluding carboxylic acids is 4. The van der Waals surface area contributed by atoms with E-state index in [-0.39, 0.29) is 12.2 Å². The van der Waals surface area contributed by atoms with Gasteiger partial charge in [-0.3, -0.25) is 19.2 Å². The molecule has 0 amide bonds. The zero-order valence-electron chi connectivity index (χ0n) is 10.0. The second kappa shape index (κ2) is 7.04. The van der Waals surface area contributed by atoms with E-state index in [0.29, 0.717) is 6.42 Å². The molecular weight excluding hydrogens is 208 g/mol. The molecule has 0 rings (SSSR count). The van der Waals surface area contributed by atoms with Crippen molar-refractivity contribution >= 4 is 23.1 Å². The summed E-state index contributed by atoms with van der Waals surface area (Å²) in [6.45, 7) is 4.34. The summed E-state index contributed by atoms with van der Waals surface area (Å²) >= 11 is 0. The van der Waals surface area contributed by atoms with Crippen LogP contribution >= 0.6 is 0 Å². The van der Waals surface area contributed by atoms with Crippen molar-refractivity contribution < 1.29 is 19.2 Å². The van der Waals surface area contributed by atoms with Crippen LogP contribution in [0, 0.1) is 5.92 Å². The van der Waals surface area contributed by atoms with Gasteiger partial charge in [0.2, 0.25) is 0 Å². The molecule has 0 N–H and O–H groups in total. The highest BCUT2D eigenvalue weighted by Crippen LogP contribution is 2.08. The van der Waals surface area contributed by atoms with Gasteiger partial charge in [-0.05, 0) is 20.3 Å². The molecule has 0 aliphatic carbocycles. The third kappa shape index (κ3) is 4.96. The minimum atomic E-state index is -1.24. The predicted octanol–water partition coefficient (Wildman–Crippen LogP) is 1.50. The molecule has 90 valence electrons. The second-order valence-electron chi connectivity index (χ2n) is 3.94. The Kier molecular flexibility index (Phi) is 6.46. The minimum Gasteiger partial charge on any atom is -0.299 e. The fourth-order valence-electron chi connectivity index (χ4n) is 1.50. The molecule has 0 heterocycles. The maximum Gasteiger partial charge on any atom is 0.158 e. The van der Waals surface area contributed by atoms with Gasteiger partial charge >= 0.3 is 0 Å². The van der Waals surface area contributed by atoms with Gasteiger partial charge in [0.05, 0.1) is 6.42 Å². The van der Waals surface area contributed by atoms with Gasteiger partial charge in [0.25, 0.3) is 0 Å². The van der Waals surface area contributed by atoms with Crippen LogP contribution in [-0.4, -0.2) is 23.1 Å². The van der Waals surface area contributed by atoms with Crippen LogP contribution in [0.3, 0.4) is 0 Å². The molecule has 0 bridgehead atoms. The van der Waals surface area contributed by atoms with Gasteiger partial charge in [-0.1, -0.05) is 13.3 Å². The van der Waals surface area contributed by atoms with Crippen LogP contribution in [0.1, 0.15) is 46.5 Å². The highest BCUT2D eigenvalue weighted by atomic mass is 16.2. The molecular formula is C12H18O4. The summed E-state index contributed by atoms with van der Waals surface area (Å²) in [6.07, 6.45) is 1.65. The van der Waals surface area contributed by atoms with E-state index in [1.807, 2.05) is 6.92 Å². The summed E-state index contributed by atoms with van der Waals surface area (Å²) in [4.78, 5) is 45.0. The highest BCUT2D eigenvalue weighted by Gasteiger charge is 2.28. The fourth-order valence-corrected chi connectivity index (χ4v) is 1.50. The van der Waals surface area contributed by atoms with Crippen LogP contribution in [0.15, 0.2) is 0 Å². The summed E-state index contributed by atoms with van der Waals surface area (Å²) in [6, 6.07) is 0. The van der Waals surface area contributed by atoms with Crippen molar-refractivity contribution in [2.24, 2.45) is 5.92 Å². The van der Waals surface area contributed by atoms with Crippen molar-refractivity contribution in [2.75, 3.05) is 0 Å². The van der Waals surface area contributed by atoms with Crippen LogP contribution in [0.25, 0.3) is 0 Å². The third-order valence-corrected chi connectivity index (χ3v) is 2.32. The molecule has 4 nitrogen and oxygen atoms in total. The van der Waals surface area contributed by atoms with Gasteiger partial charge in [-0.2, -0.15) is 0 Å². The summed E-state index contributed by atoms with van der Waals surface area (Å²) in [5.41, 5.74) is 0. The number of hydrogen-bond acceptors (Lipinski definition) is 4. The average Bonchev–Trinajstić information content (AvgIpc) is 2.13. The molecule has 0 fully saturated rings. The normalized spacial score (nSPS) is 10.2. The van der Waals surface area contributed by atoms with Gasteiger partial charge in [0.1, 0.15) is 23.3 Å². The first-order chi connectivity index (χ1) is 7.40. The van der Waals surface area contributed by atoms with Gasteiger partial charge in [0.15, 0.2) is 5.78 Å². The Morgan fingerprint density at radius 1 is 1.00 bits per heavy atom. The Bertz CT molecular complexity index is 290. The van der Waals surface area contributed by atoms with Crippen molar-refractivity contribution in [1.29, 1.82) is 0 Å². The summed E-state index contributed by atoms with van der Waals surface area (Å²) in [5.74, 6) is -2.98. The number of rotatable bonds is 8. The molecule has 0 radical (unpaired) electrons. The molecule has 0 unspecified atom stereocenters. The average molecular weight is 226 g/mol. The van der Waals surface area contributed by atoms with Crippen molar-refractivity contribution in [3.63, 3.8) is 0 Å². The van der Waals surface area contributed by atoms with Crippen LogP contribution < -0.4 is 0 Å². The van der Waals surface area contributed by atoms with E-state index in [1.165, 1.54) is 13.8 Å². The zero-order chi connectivity index (χ0) is 12.7. The largest absolute Gasteiger partial charge is 0.299 e. The van der Waals surface area contributed by atoms with E-state index < -0.39 is 23.3 Å². The quantitative estimate of drug-likeness (QED) is 0.588.